The van der Waals surface area contributed by atoms with E-state index >= 15 is 0 Å². The van der Waals surface area contributed by atoms with E-state index in [-0.39, 0.29) is 16.7 Å². The summed E-state index contributed by atoms with van der Waals surface area (Å²) < 4.78 is 183. The van der Waals surface area contributed by atoms with Gasteiger partial charge in [-0.15, -0.1) is 0 Å². The van der Waals surface area contributed by atoms with Crippen LogP contribution in [0.2, 0.25) is 0 Å². The van der Waals surface area contributed by atoms with Gasteiger partial charge in [-0.25, -0.2) is 0 Å². The molecule has 0 aliphatic heterocycles. The minimum Gasteiger partial charge on any atom is -0.309 e. The average Bonchev–Trinajstić information content (AvgIpc) is 4.03. The molecule has 4 heterocycles. The van der Waals surface area contributed by atoms with Gasteiger partial charge >= 0.3 is 0 Å². The van der Waals surface area contributed by atoms with Gasteiger partial charge in [0.1, 0.15) is 0 Å². The fraction of sp³-hybridized carbons (Fsp3) is 0. The predicted octanol–water partition coefficient (Wildman–Crippen LogP) is 10.8. The summed E-state index contributed by atoms with van der Waals surface area (Å²) in [5, 5.41) is -0.0481. The minimum absolute atomic E-state index is 0.288. The number of aromatic nitrogens is 6. The van der Waals surface area contributed by atoms with Crippen molar-refractivity contribution in [2.24, 2.45) is 0 Å². The summed E-state index contributed by atoms with van der Waals surface area (Å²) in [6.45, 7) is 0. The summed E-state index contributed by atoms with van der Waals surface area (Å²) in [5.41, 5.74) is -2.03. The van der Waals surface area contributed by atoms with E-state index < -0.39 is 177 Å². The van der Waals surface area contributed by atoms with Crippen LogP contribution in [-0.4, -0.2) is 28.7 Å². The van der Waals surface area contributed by atoms with Crippen molar-refractivity contribution in [1.82, 2.24) is 28.7 Å². The Labute approximate surface area is 320 Å². The first kappa shape index (κ1) is 14.8. The van der Waals surface area contributed by atoms with Gasteiger partial charge in [-0.3, -0.25) is 9.13 Å². The Morgan fingerprint density at radius 3 is 1.25 bits per heavy atom. The highest BCUT2D eigenvalue weighted by Gasteiger charge is 2.22. The third kappa shape index (κ3) is 4.01. The Kier molecular flexibility index (Phi) is 3.12. The summed E-state index contributed by atoms with van der Waals surface area (Å²) in [7, 11) is 0. The maximum atomic E-state index is 9.60. The molecule has 0 saturated heterocycles. The zero-order chi connectivity index (χ0) is 50.9. The van der Waals surface area contributed by atoms with Crippen LogP contribution in [0.1, 0.15) is 27.4 Å². The first-order valence-electron chi connectivity index (χ1n) is 25.5. The van der Waals surface area contributed by atoms with Crippen molar-refractivity contribution in [3.05, 3.63) is 169 Å². The smallest absolute Gasteiger partial charge is 0.240 e. The Morgan fingerprint density at radius 2 is 0.745 bits per heavy atom. The van der Waals surface area contributed by atoms with E-state index in [1.165, 1.54) is 0 Å². The molecule has 0 fully saturated rings. The van der Waals surface area contributed by atoms with Gasteiger partial charge in [0.05, 0.1) is 66.2 Å². The highest BCUT2D eigenvalue weighted by atomic mass is 15.3. The largest absolute Gasteiger partial charge is 0.309 e. The van der Waals surface area contributed by atoms with Crippen LogP contribution >= 0.6 is 0 Å². The highest BCUT2D eigenvalue weighted by Crippen LogP contribution is 2.37. The topological polar surface area (TPSA) is 53.5 Å². The third-order valence-corrected chi connectivity index (χ3v) is 8.77. The SMILES string of the molecule is [2H]c1c([2H])c([2H])c(-n2c3c([2H])c([2H])c([2H])c([2H])c3c3c([2H])c([2H])c([2H])c([2H])c32)c(-c2nc(-n3c4ccccc4c4ccccc43)nc(-n3c4c([2H])c([2H])c([2H])c([2H])c4c4c([2H])c([2H])c([2H])c([2H])c43)n2)c1[2H]. The number of para-hydroxylation sites is 7. The van der Waals surface area contributed by atoms with E-state index in [1.54, 1.807) is 41.0 Å². The Hall–Kier alpha value is -7.05. The van der Waals surface area contributed by atoms with Crippen molar-refractivity contribution < 1.29 is 27.4 Å². The number of hydrogen-bond donors (Lipinski definition) is 0. The first-order valence-corrected chi connectivity index (χ1v) is 15.5. The Bertz CT molecular complexity index is 4100. The van der Waals surface area contributed by atoms with E-state index in [0.29, 0.717) is 21.8 Å². The molecule has 238 valence electrons. The number of nitrogens with zero attached hydrogens (tertiary/aromatic N) is 6. The number of fused-ring (bicyclic) bond motifs is 9. The molecular formula is C45H28N6. The lowest BCUT2D eigenvalue weighted by molar-refractivity contribution is 0.892. The second-order valence-electron chi connectivity index (χ2n) is 11.4. The second kappa shape index (κ2) is 10.7. The van der Waals surface area contributed by atoms with Gasteiger partial charge in [-0.1, -0.05) is 121 Å². The van der Waals surface area contributed by atoms with Crippen LogP contribution in [0.5, 0.6) is 0 Å². The predicted molar refractivity (Wildman–Crippen MR) is 208 cm³/mol. The zero-order valence-electron chi connectivity index (χ0n) is 45.8. The van der Waals surface area contributed by atoms with Gasteiger partial charge in [-0.2, -0.15) is 15.0 Å². The summed E-state index contributed by atoms with van der Waals surface area (Å²) in [5.74, 6) is -1.49. The molecule has 0 amide bonds. The molecular weight excluding hydrogens is 625 g/mol. The van der Waals surface area contributed by atoms with Crippen LogP contribution in [0.15, 0.2) is 169 Å². The van der Waals surface area contributed by atoms with Crippen molar-refractivity contribution >= 4 is 65.4 Å². The summed E-state index contributed by atoms with van der Waals surface area (Å²) in [6, 6.07) is -1.05. The molecule has 11 rings (SSSR count). The maximum absolute atomic E-state index is 9.60. The zero-order valence-corrected chi connectivity index (χ0v) is 25.8. The second-order valence-corrected chi connectivity index (χ2v) is 11.4. The molecule has 0 radical (unpaired) electrons. The normalized spacial score (nSPS) is 17.4. The van der Waals surface area contributed by atoms with Gasteiger partial charge in [0.15, 0.2) is 5.82 Å². The van der Waals surface area contributed by atoms with Crippen LogP contribution in [0.3, 0.4) is 0 Å². The van der Waals surface area contributed by atoms with Crippen molar-refractivity contribution in [3.8, 4) is 29.0 Å². The van der Waals surface area contributed by atoms with E-state index in [1.807, 2.05) is 12.1 Å². The molecule has 51 heavy (non-hydrogen) atoms. The Balaban J connectivity index is 1.41. The fourth-order valence-electron chi connectivity index (χ4n) is 6.70. The van der Waals surface area contributed by atoms with Gasteiger partial charge in [0, 0.05) is 37.9 Å². The average molecular weight is 673 g/mol. The van der Waals surface area contributed by atoms with Crippen LogP contribution < -0.4 is 0 Å². The van der Waals surface area contributed by atoms with Crippen LogP contribution in [0, 0.1) is 0 Å². The van der Waals surface area contributed by atoms with Crippen LogP contribution in [-0.2, 0) is 0 Å². The summed E-state index contributed by atoms with van der Waals surface area (Å²) >= 11 is 0. The lowest BCUT2D eigenvalue weighted by atomic mass is 10.1. The lowest BCUT2D eigenvalue weighted by Gasteiger charge is -2.16. The number of benzene rings is 7. The molecule has 0 saturated carbocycles. The van der Waals surface area contributed by atoms with Gasteiger partial charge < -0.3 is 4.57 Å². The molecule has 0 atom stereocenters. The van der Waals surface area contributed by atoms with E-state index in [0.717, 1.165) is 9.13 Å². The molecule has 4 aromatic heterocycles. The standard InChI is InChI=1S/C45H28N6/c1-8-22-36-29(15-1)30-16-2-9-23-37(30)49(36)42-28-14-7-21-35(42)43-46-44(50-38-24-10-3-17-31(38)32-18-4-11-25-39(32)50)48-45(47-43)51-40-26-12-5-19-33(40)34-20-6-13-27-41(34)51/h1-28H/i1D,2D,3D,4D,7D,8D,9D,10D,11D,14D,15D,16D,17D,18D,21D,22D,23D,24D,25D,28D. The number of rotatable bonds is 4. The van der Waals surface area contributed by atoms with Gasteiger partial charge in [-0.05, 0) is 48.4 Å². The van der Waals surface area contributed by atoms with Crippen molar-refractivity contribution in [1.29, 1.82) is 0 Å². The molecule has 0 N–H and O–H groups in total. The molecule has 6 heteroatoms. The molecule has 7 aromatic carbocycles. The lowest BCUT2D eigenvalue weighted by Crippen LogP contribution is -2.11. The quantitative estimate of drug-likeness (QED) is 0.187. The number of hydrogen-bond acceptors (Lipinski definition) is 3. The fourth-order valence-corrected chi connectivity index (χ4v) is 6.70. The van der Waals surface area contributed by atoms with E-state index in [4.69, 9.17) is 34.1 Å². The van der Waals surface area contributed by atoms with E-state index in [9.17, 15) is 8.22 Å². The van der Waals surface area contributed by atoms with Gasteiger partial charge in [0.25, 0.3) is 0 Å². The minimum atomic E-state index is -0.878. The highest BCUT2D eigenvalue weighted by molar-refractivity contribution is 6.11. The maximum Gasteiger partial charge on any atom is 0.240 e. The van der Waals surface area contributed by atoms with Crippen LogP contribution in [0.25, 0.3) is 94.4 Å². The van der Waals surface area contributed by atoms with Crippen LogP contribution in [0.4, 0.5) is 0 Å². The molecule has 11 aromatic rings. The van der Waals surface area contributed by atoms with Crippen molar-refractivity contribution in [2.75, 3.05) is 0 Å². The van der Waals surface area contributed by atoms with Crippen molar-refractivity contribution in [3.63, 3.8) is 0 Å². The molecule has 0 unspecified atom stereocenters. The van der Waals surface area contributed by atoms with Crippen molar-refractivity contribution in [2.45, 2.75) is 0 Å². The monoisotopic (exact) mass is 672 g/mol. The molecule has 0 spiro atoms. The van der Waals surface area contributed by atoms with Gasteiger partial charge in [0.2, 0.25) is 11.9 Å². The van der Waals surface area contributed by atoms with E-state index in [2.05, 4.69) is 0 Å². The Morgan fingerprint density at radius 1 is 0.353 bits per heavy atom. The summed E-state index contributed by atoms with van der Waals surface area (Å²) in [6.07, 6.45) is 0. The molecule has 0 aliphatic rings. The molecule has 0 bridgehead atoms. The first-order chi connectivity index (χ1) is 33.6. The summed E-state index contributed by atoms with van der Waals surface area (Å²) in [4.78, 5) is 14.5. The molecule has 0 aliphatic carbocycles. The molecule has 6 nitrogen and oxygen atoms in total. The third-order valence-electron chi connectivity index (χ3n) is 8.77.